The van der Waals surface area contributed by atoms with Crippen molar-refractivity contribution in [3.8, 4) is 11.4 Å². The number of para-hydroxylation sites is 1. The number of hydrogen-bond donors (Lipinski definition) is 2. The Kier molecular flexibility index (Phi) is 6.49. The fourth-order valence-electron chi connectivity index (χ4n) is 3.23. The van der Waals surface area contributed by atoms with E-state index in [1.165, 1.54) is 24.3 Å². The first-order chi connectivity index (χ1) is 16.0. The van der Waals surface area contributed by atoms with E-state index in [4.69, 9.17) is 0 Å². The van der Waals surface area contributed by atoms with Crippen molar-refractivity contribution in [3.63, 3.8) is 0 Å². The molecule has 0 saturated carbocycles. The maximum absolute atomic E-state index is 13.1. The third kappa shape index (κ3) is 5.45. The maximum atomic E-state index is 13.1. The number of amides is 2. The summed E-state index contributed by atoms with van der Waals surface area (Å²) in [5, 5.41) is 17.6. The zero-order valence-corrected chi connectivity index (χ0v) is 17.8. The Bertz CT molecular complexity index is 1260. The quantitative estimate of drug-likeness (QED) is 0.453. The van der Waals surface area contributed by atoms with Crippen LogP contribution in [0.2, 0.25) is 0 Å². The van der Waals surface area contributed by atoms with Gasteiger partial charge in [0, 0.05) is 5.56 Å². The van der Waals surface area contributed by atoms with Gasteiger partial charge < -0.3 is 10.6 Å². The molecule has 4 aromatic rings. The molecule has 0 aliphatic heterocycles. The molecule has 1 unspecified atom stereocenters. The van der Waals surface area contributed by atoms with Crippen molar-refractivity contribution in [2.45, 2.75) is 19.5 Å². The van der Waals surface area contributed by atoms with Gasteiger partial charge in [0.25, 0.3) is 5.91 Å². The van der Waals surface area contributed by atoms with Gasteiger partial charge >= 0.3 is 0 Å². The Hall–Kier alpha value is -4.40. The van der Waals surface area contributed by atoms with Crippen LogP contribution in [-0.2, 0) is 11.3 Å². The lowest BCUT2D eigenvalue weighted by atomic mass is 10.1. The van der Waals surface area contributed by atoms with E-state index in [2.05, 4.69) is 26.0 Å². The van der Waals surface area contributed by atoms with Crippen LogP contribution in [0.25, 0.3) is 11.4 Å². The maximum Gasteiger partial charge on any atom is 0.253 e. The summed E-state index contributed by atoms with van der Waals surface area (Å²) in [4.78, 5) is 26.5. The zero-order chi connectivity index (χ0) is 23.2. The van der Waals surface area contributed by atoms with Gasteiger partial charge in [-0.25, -0.2) is 4.39 Å². The lowest BCUT2D eigenvalue weighted by Crippen LogP contribution is -2.28. The molecular formula is C24H21FN6O2. The third-order valence-corrected chi connectivity index (χ3v) is 4.93. The summed E-state index contributed by atoms with van der Waals surface area (Å²) >= 11 is 0. The van der Waals surface area contributed by atoms with Crippen molar-refractivity contribution in [1.29, 1.82) is 0 Å². The Balaban J connectivity index is 1.42. The SMILES string of the molecule is CC(NC(=O)c1ccccc1NC(=O)Cn1nnc(-c2ccc(F)cc2)n1)c1ccccc1. The van der Waals surface area contributed by atoms with E-state index in [1.807, 2.05) is 37.3 Å². The molecule has 1 aromatic heterocycles. The van der Waals surface area contributed by atoms with Gasteiger partial charge in [-0.15, -0.1) is 10.2 Å². The van der Waals surface area contributed by atoms with Crippen molar-refractivity contribution in [2.24, 2.45) is 0 Å². The second kappa shape index (κ2) is 9.82. The van der Waals surface area contributed by atoms with Gasteiger partial charge in [0.05, 0.1) is 17.3 Å². The highest BCUT2D eigenvalue weighted by atomic mass is 19.1. The summed E-state index contributed by atoms with van der Waals surface area (Å²) in [7, 11) is 0. The van der Waals surface area contributed by atoms with Crippen LogP contribution < -0.4 is 10.6 Å². The van der Waals surface area contributed by atoms with Gasteiger partial charge in [-0.05, 0) is 54.1 Å². The number of halogens is 1. The topological polar surface area (TPSA) is 102 Å². The van der Waals surface area contributed by atoms with E-state index in [0.717, 1.165) is 10.4 Å². The van der Waals surface area contributed by atoms with Crippen LogP contribution in [0.15, 0.2) is 78.9 Å². The normalized spacial score (nSPS) is 11.6. The predicted octanol–water partition coefficient (Wildman–Crippen LogP) is 3.61. The summed E-state index contributed by atoms with van der Waals surface area (Å²) < 4.78 is 13.1. The highest BCUT2D eigenvalue weighted by Crippen LogP contribution is 2.18. The van der Waals surface area contributed by atoms with Crippen molar-refractivity contribution >= 4 is 17.5 Å². The summed E-state index contributed by atoms with van der Waals surface area (Å²) in [6.45, 7) is 1.69. The third-order valence-electron chi connectivity index (χ3n) is 4.93. The number of hydrogen-bond acceptors (Lipinski definition) is 5. The number of aromatic nitrogens is 4. The number of carbonyl (C=O) groups excluding carboxylic acids is 2. The van der Waals surface area contributed by atoms with Crippen molar-refractivity contribution < 1.29 is 14.0 Å². The molecule has 9 heteroatoms. The van der Waals surface area contributed by atoms with E-state index < -0.39 is 5.91 Å². The van der Waals surface area contributed by atoms with Crippen LogP contribution >= 0.6 is 0 Å². The number of benzene rings is 3. The molecule has 0 aliphatic carbocycles. The fraction of sp³-hybridized carbons (Fsp3) is 0.125. The van der Waals surface area contributed by atoms with E-state index in [-0.39, 0.29) is 30.1 Å². The van der Waals surface area contributed by atoms with Crippen LogP contribution in [-0.4, -0.2) is 32.0 Å². The minimum atomic E-state index is -0.422. The molecule has 2 N–H and O–H groups in total. The molecule has 0 bridgehead atoms. The molecule has 8 nitrogen and oxygen atoms in total. The zero-order valence-electron chi connectivity index (χ0n) is 17.8. The first-order valence-electron chi connectivity index (χ1n) is 10.3. The molecule has 0 aliphatic rings. The summed E-state index contributed by atoms with van der Waals surface area (Å²) in [6.07, 6.45) is 0. The summed E-state index contributed by atoms with van der Waals surface area (Å²) in [5.74, 6) is -0.821. The first-order valence-corrected chi connectivity index (χ1v) is 10.3. The molecule has 0 radical (unpaired) electrons. The number of anilines is 1. The van der Waals surface area contributed by atoms with Crippen LogP contribution in [0.4, 0.5) is 10.1 Å². The Labute approximate surface area is 189 Å². The fourth-order valence-corrected chi connectivity index (χ4v) is 3.23. The Morgan fingerprint density at radius 3 is 2.42 bits per heavy atom. The van der Waals surface area contributed by atoms with Crippen LogP contribution in [0.5, 0.6) is 0 Å². The minimum Gasteiger partial charge on any atom is -0.345 e. The smallest absolute Gasteiger partial charge is 0.253 e. The van der Waals surface area contributed by atoms with Crippen molar-refractivity contribution in [1.82, 2.24) is 25.5 Å². The molecule has 33 heavy (non-hydrogen) atoms. The second-order valence-corrected chi connectivity index (χ2v) is 7.35. The molecule has 0 saturated heterocycles. The molecule has 1 heterocycles. The number of carbonyl (C=O) groups is 2. The standard InChI is InChI=1S/C24H21FN6O2/c1-16(17-7-3-2-4-8-17)26-24(33)20-9-5-6-10-21(20)27-22(32)15-31-29-23(28-30-31)18-11-13-19(25)14-12-18/h2-14,16H,15H2,1H3,(H,26,33)(H,27,32). The molecule has 3 aromatic carbocycles. The van der Waals surface area contributed by atoms with E-state index >= 15 is 0 Å². The number of nitrogens with one attached hydrogen (secondary N) is 2. The number of nitrogens with zero attached hydrogens (tertiary/aromatic N) is 4. The monoisotopic (exact) mass is 444 g/mol. The van der Waals surface area contributed by atoms with Crippen molar-refractivity contribution in [3.05, 3.63) is 95.8 Å². The molecule has 166 valence electrons. The summed E-state index contributed by atoms with van der Waals surface area (Å²) in [6, 6.07) is 21.8. The van der Waals surface area contributed by atoms with Gasteiger partial charge in [-0.2, -0.15) is 4.80 Å². The van der Waals surface area contributed by atoms with Gasteiger partial charge in [0.1, 0.15) is 12.4 Å². The molecular weight excluding hydrogens is 423 g/mol. The molecule has 4 rings (SSSR count). The lowest BCUT2D eigenvalue weighted by molar-refractivity contribution is -0.117. The van der Waals surface area contributed by atoms with Crippen molar-refractivity contribution in [2.75, 3.05) is 5.32 Å². The van der Waals surface area contributed by atoms with Crippen LogP contribution in [0.3, 0.4) is 0 Å². The van der Waals surface area contributed by atoms with Gasteiger partial charge in [-0.1, -0.05) is 42.5 Å². The highest BCUT2D eigenvalue weighted by molar-refractivity contribution is 6.03. The molecule has 1 atom stereocenters. The Morgan fingerprint density at radius 1 is 0.970 bits per heavy atom. The van der Waals surface area contributed by atoms with Gasteiger partial charge in [-0.3, -0.25) is 9.59 Å². The highest BCUT2D eigenvalue weighted by Gasteiger charge is 2.17. The average molecular weight is 444 g/mol. The van der Waals surface area contributed by atoms with Crippen LogP contribution in [0.1, 0.15) is 28.9 Å². The second-order valence-electron chi connectivity index (χ2n) is 7.35. The van der Waals surface area contributed by atoms with E-state index in [0.29, 0.717) is 16.8 Å². The van der Waals surface area contributed by atoms with E-state index in [9.17, 15) is 14.0 Å². The lowest BCUT2D eigenvalue weighted by Gasteiger charge is -2.16. The van der Waals surface area contributed by atoms with E-state index in [1.54, 1.807) is 24.3 Å². The minimum absolute atomic E-state index is 0.202. The average Bonchev–Trinajstić information content (AvgIpc) is 3.28. The molecule has 2 amide bonds. The number of rotatable bonds is 7. The molecule has 0 fully saturated rings. The number of tetrazole rings is 1. The predicted molar refractivity (Wildman–Crippen MR) is 121 cm³/mol. The van der Waals surface area contributed by atoms with Gasteiger partial charge in [0.15, 0.2) is 0 Å². The largest absolute Gasteiger partial charge is 0.345 e. The first kappa shape index (κ1) is 21.8. The van der Waals surface area contributed by atoms with Gasteiger partial charge in [0.2, 0.25) is 11.7 Å². The molecule has 0 spiro atoms. The summed E-state index contributed by atoms with van der Waals surface area (Å²) in [5.41, 5.74) is 2.27. The Morgan fingerprint density at radius 2 is 1.67 bits per heavy atom. The van der Waals surface area contributed by atoms with Crippen LogP contribution in [0, 0.1) is 5.82 Å².